The summed E-state index contributed by atoms with van der Waals surface area (Å²) in [6.07, 6.45) is 6.05. The molecule has 4 atom stereocenters. The standard InChI is InChI=1S/2C19H17Cl2N3O3/c2*1-13-9-25-19(27-13,10-24-12-22-11-23-24)17-7-6-16(8-18(17)21)26-15-4-2-14(20)3-5-15/h2*2-8,11-13H,9-10H2,1H3/t2*13-,19-/m00/s1. The second kappa shape index (κ2) is 16.6. The molecule has 0 aliphatic carbocycles. The van der Waals surface area contributed by atoms with Crippen LogP contribution in [0, 0.1) is 0 Å². The Hall–Kier alpha value is -4.24. The van der Waals surface area contributed by atoms with Gasteiger partial charge in [-0.15, -0.1) is 0 Å². The lowest BCUT2D eigenvalue weighted by Gasteiger charge is -2.29. The fourth-order valence-corrected chi connectivity index (χ4v) is 6.86. The monoisotopic (exact) mass is 810 g/mol. The molecule has 6 aromatic rings. The Morgan fingerprint density at radius 1 is 0.593 bits per heavy atom. The fraction of sp³-hybridized carbons (Fsp3) is 0.263. The van der Waals surface area contributed by atoms with Crippen molar-refractivity contribution in [1.82, 2.24) is 29.5 Å². The molecule has 0 radical (unpaired) electrons. The van der Waals surface area contributed by atoms with Crippen molar-refractivity contribution >= 4 is 46.4 Å². The van der Waals surface area contributed by atoms with Crippen LogP contribution in [0.15, 0.2) is 110 Å². The van der Waals surface area contributed by atoms with Gasteiger partial charge in [0.1, 0.15) is 61.4 Å². The molecule has 12 nitrogen and oxygen atoms in total. The molecule has 54 heavy (non-hydrogen) atoms. The summed E-state index contributed by atoms with van der Waals surface area (Å²) in [4.78, 5) is 7.95. The average Bonchev–Trinajstić information content (AvgIpc) is 3.98. The maximum Gasteiger partial charge on any atom is 0.217 e. The molecule has 0 unspecified atom stereocenters. The number of hydrogen-bond acceptors (Lipinski definition) is 10. The van der Waals surface area contributed by atoms with Crippen LogP contribution >= 0.6 is 46.4 Å². The van der Waals surface area contributed by atoms with Gasteiger partial charge in [0.2, 0.25) is 11.6 Å². The van der Waals surface area contributed by atoms with Gasteiger partial charge in [-0.3, -0.25) is 0 Å². The second-order valence-corrected chi connectivity index (χ2v) is 14.3. The van der Waals surface area contributed by atoms with E-state index in [2.05, 4.69) is 20.2 Å². The van der Waals surface area contributed by atoms with E-state index in [-0.39, 0.29) is 12.2 Å². The highest BCUT2D eigenvalue weighted by Gasteiger charge is 2.45. The molecule has 2 aliphatic heterocycles. The summed E-state index contributed by atoms with van der Waals surface area (Å²) < 4.78 is 39.2. The van der Waals surface area contributed by atoms with Gasteiger partial charge in [-0.25, -0.2) is 19.3 Å². The molecule has 16 heteroatoms. The summed E-state index contributed by atoms with van der Waals surface area (Å²) >= 11 is 24.9. The zero-order valence-corrected chi connectivity index (χ0v) is 32.0. The molecule has 4 aromatic carbocycles. The lowest BCUT2D eigenvalue weighted by molar-refractivity contribution is -0.187. The Balaban J connectivity index is 0.000000167. The van der Waals surface area contributed by atoms with E-state index < -0.39 is 11.6 Å². The number of ether oxygens (including phenoxy) is 6. The van der Waals surface area contributed by atoms with Crippen LogP contribution in [0.2, 0.25) is 20.1 Å². The Bertz CT molecular complexity index is 1990. The van der Waals surface area contributed by atoms with Crippen LogP contribution in [-0.2, 0) is 43.6 Å². The molecule has 280 valence electrons. The van der Waals surface area contributed by atoms with Crippen LogP contribution in [0.5, 0.6) is 23.0 Å². The largest absolute Gasteiger partial charge is 0.457 e. The first-order valence-electron chi connectivity index (χ1n) is 16.8. The topological polar surface area (TPSA) is 117 Å². The van der Waals surface area contributed by atoms with Gasteiger partial charge in [0.05, 0.1) is 35.5 Å². The SMILES string of the molecule is C[C@H]1CO[C@](Cn2cncn2)(c2ccc(Oc3ccc(Cl)cc3)cc2Cl)O1.C[C@H]1CO[C@](Cn2cncn2)(c2ccc(Oc3ccc(Cl)cc3)cc2Cl)O1. The van der Waals surface area contributed by atoms with E-state index in [1.807, 2.05) is 38.1 Å². The van der Waals surface area contributed by atoms with Crippen LogP contribution in [-0.4, -0.2) is 55.0 Å². The first-order valence-corrected chi connectivity index (χ1v) is 18.3. The highest BCUT2D eigenvalue weighted by Crippen LogP contribution is 2.42. The number of halogens is 4. The number of benzene rings is 4. The molecule has 2 saturated heterocycles. The molecule has 0 saturated carbocycles. The van der Waals surface area contributed by atoms with Crippen LogP contribution in [0.25, 0.3) is 0 Å². The summed E-state index contributed by atoms with van der Waals surface area (Å²) in [5.41, 5.74) is 1.43. The molecular weight excluding hydrogens is 778 g/mol. The third-order valence-electron chi connectivity index (χ3n) is 8.36. The van der Waals surface area contributed by atoms with E-state index in [1.54, 1.807) is 82.7 Å². The van der Waals surface area contributed by atoms with Crippen molar-refractivity contribution in [2.75, 3.05) is 13.2 Å². The van der Waals surface area contributed by atoms with Gasteiger partial charge in [-0.05, 0) is 98.8 Å². The minimum Gasteiger partial charge on any atom is -0.457 e. The number of aromatic nitrogens is 6. The maximum atomic E-state index is 6.57. The molecule has 8 rings (SSSR count). The van der Waals surface area contributed by atoms with Gasteiger partial charge in [-0.2, -0.15) is 10.2 Å². The lowest BCUT2D eigenvalue weighted by Crippen LogP contribution is -2.34. The van der Waals surface area contributed by atoms with Crippen molar-refractivity contribution in [3.8, 4) is 23.0 Å². The van der Waals surface area contributed by atoms with Crippen molar-refractivity contribution in [2.45, 2.75) is 50.7 Å². The first kappa shape index (κ1) is 38.1. The Morgan fingerprint density at radius 2 is 0.981 bits per heavy atom. The smallest absolute Gasteiger partial charge is 0.217 e. The van der Waals surface area contributed by atoms with Crippen LogP contribution in [0.4, 0.5) is 0 Å². The highest BCUT2D eigenvalue weighted by molar-refractivity contribution is 6.32. The molecule has 0 N–H and O–H groups in total. The fourth-order valence-electron chi connectivity index (χ4n) is 5.98. The number of hydrogen-bond donors (Lipinski definition) is 0. The highest BCUT2D eigenvalue weighted by atomic mass is 35.5. The molecule has 2 aromatic heterocycles. The van der Waals surface area contributed by atoms with E-state index in [0.717, 1.165) is 0 Å². The lowest BCUT2D eigenvalue weighted by atomic mass is 10.1. The van der Waals surface area contributed by atoms with E-state index in [9.17, 15) is 0 Å². The minimum absolute atomic E-state index is 0.0606. The zero-order chi connectivity index (χ0) is 37.7. The predicted molar refractivity (Wildman–Crippen MR) is 202 cm³/mol. The van der Waals surface area contributed by atoms with E-state index >= 15 is 0 Å². The summed E-state index contributed by atoms with van der Waals surface area (Å²) in [5, 5.41) is 10.6. The van der Waals surface area contributed by atoms with Crippen LogP contribution < -0.4 is 9.47 Å². The number of rotatable bonds is 10. The van der Waals surface area contributed by atoms with Crippen molar-refractivity contribution in [3.05, 3.63) is 141 Å². The van der Waals surface area contributed by atoms with Crippen molar-refractivity contribution < 1.29 is 28.4 Å². The quantitative estimate of drug-likeness (QED) is 0.133. The number of nitrogens with zero attached hydrogens (tertiary/aromatic N) is 6. The molecule has 2 fully saturated rings. The minimum atomic E-state index is -1.02. The van der Waals surface area contributed by atoms with Crippen LogP contribution in [0.1, 0.15) is 25.0 Å². The van der Waals surface area contributed by atoms with Gasteiger partial charge in [0, 0.05) is 21.2 Å². The first-order chi connectivity index (χ1) is 26.1. The second-order valence-electron chi connectivity index (χ2n) is 12.6. The molecular formula is C38H34Cl4N6O6. The average molecular weight is 813 g/mol. The van der Waals surface area contributed by atoms with Crippen molar-refractivity contribution in [2.24, 2.45) is 0 Å². The molecule has 0 bridgehead atoms. The van der Waals surface area contributed by atoms with Crippen molar-refractivity contribution in [3.63, 3.8) is 0 Å². The van der Waals surface area contributed by atoms with E-state index in [1.165, 1.54) is 12.7 Å². The van der Waals surface area contributed by atoms with Crippen LogP contribution in [0.3, 0.4) is 0 Å². The van der Waals surface area contributed by atoms with Crippen molar-refractivity contribution in [1.29, 1.82) is 0 Å². The Morgan fingerprint density at radius 3 is 1.30 bits per heavy atom. The summed E-state index contributed by atoms with van der Waals surface area (Å²) in [7, 11) is 0. The normalized spacial score (nSPS) is 22.1. The van der Waals surface area contributed by atoms with Gasteiger partial charge < -0.3 is 28.4 Å². The third-order valence-corrected chi connectivity index (χ3v) is 9.49. The Labute approximate surface area is 331 Å². The van der Waals surface area contributed by atoms with Gasteiger partial charge in [0.25, 0.3) is 0 Å². The molecule has 4 heterocycles. The zero-order valence-electron chi connectivity index (χ0n) is 29.0. The van der Waals surface area contributed by atoms with E-state index in [0.29, 0.717) is 80.5 Å². The summed E-state index contributed by atoms with van der Waals surface area (Å²) in [5.74, 6) is 0.498. The Kier molecular flexibility index (Phi) is 11.7. The van der Waals surface area contributed by atoms with E-state index in [4.69, 9.17) is 74.8 Å². The predicted octanol–water partition coefficient (Wildman–Crippen LogP) is 9.33. The molecule has 0 spiro atoms. The molecule has 0 amide bonds. The maximum absolute atomic E-state index is 6.57. The summed E-state index contributed by atoms with van der Waals surface area (Å²) in [6, 6.07) is 25.1. The van der Waals surface area contributed by atoms with Gasteiger partial charge in [0.15, 0.2) is 0 Å². The molecule has 2 aliphatic rings. The third kappa shape index (κ3) is 8.99. The summed E-state index contributed by atoms with van der Waals surface area (Å²) in [6.45, 7) is 5.52. The van der Waals surface area contributed by atoms with Gasteiger partial charge in [-0.1, -0.05) is 46.4 Å². The van der Waals surface area contributed by atoms with Gasteiger partial charge >= 0.3 is 0 Å².